The Bertz CT molecular complexity index is 271. The molecule has 0 unspecified atom stereocenters. The third-order valence-corrected chi connectivity index (χ3v) is 1.17. The number of anilines is 1. The summed E-state index contributed by atoms with van der Waals surface area (Å²) in [4.78, 5) is 10.5. The van der Waals surface area contributed by atoms with E-state index in [1.807, 2.05) is 13.8 Å². The number of carbonyl (C=O) groups is 1. The van der Waals surface area contributed by atoms with Crippen molar-refractivity contribution in [3.8, 4) is 5.75 Å². The zero-order chi connectivity index (χ0) is 10.3. The lowest BCUT2D eigenvalue weighted by atomic mass is 10.3. The third-order valence-electron chi connectivity index (χ3n) is 1.17. The summed E-state index contributed by atoms with van der Waals surface area (Å²) >= 11 is 0. The lowest BCUT2D eigenvalue weighted by Gasteiger charge is -2.00. The number of hydrogen-bond donors (Lipinski definition) is 2. The molecule has 0 aromatic heterocycles. The van der Waals surface area contributed by atoms with E-state index in [0.717, 1.165) is 0 Å². The highest BCUT2D eigenvalue weighted by Crippen LogP contribution is 2.14. The van der Waals surface area contributed by atoms with E-state index in [4.69, 9.17) is 5.11 Å². The summed E-state index contributed by atoms with van der Waals surface area (Å²) in [5.41, 5.74) is 0.609. The van der Waals surface area contributed by atoms with E-state index >= 15 is 0 Å². The lowest BCUT2D eigenvalue weighted by Crippen LogP contribution is -2.04. The number of phenolic OH excluding ortho intramolecular Hbond substituents is 1. The van der Waals surface area contributed by atoms with Gasteiger partial charge in [-0.05, 0) is 12.1 Å². The minimum atomic E-state index is -0.143. The van der Waals surface area contributed by atoms with Gasteiger partial charge in [-0.15, -0.1) is 0 Å². The van der Waals surface area contributed by atoms with Crippen molar-refractivity contribution in [2.75, 3.05) is 5.32 Å². The minimum Gasteiger partial charge on any atom is -0.508 e. The molecule has 0 heterocycles. The van der Waals surface area contributed by atoms with Crippen LogP contribution in [0.15, 0.2) is 24.3 Å². The van der Waals surface area contributed by atoms with E-state index in [0.29, 0.717) is 5.69 Å². The Morgan fingerprint density at radius 1 is 1.38 bits per heavy atom. The fourth-order valence-corrected chi connectivity index (χ4v) is 0.787. The molecule has 0 aliphatic heterocycles. The molecule has 0 atom stereocenters. The smallest absolute Gasteiger partial charge is 0.221 e. The molecular weight excluding hydrogens is 166 g/mol. The maximum absolute atomic E-state index is 10.5. The van der Waals surface area contributed by atoms with E-state index in [1.165, 1.54) is 13.0 Å². The molecule has 1 rings (SSSR count). The van der Waals surface area contributed by atoms with Crippen LogP contribution in [0.1, 0.15) is 20.8 Å². The molecule has 0 aliphatic carbocycles. The van der Waals surface area contributed by atoms with E-state index < -0.39 is 0 Å². The average Bonchev–Trinajstić information content (AvgIpc) is 2.06. The second-order valence-corrected chi connectivity index (χ2v) is 2.23. The summed E-state index contributed by atoms with van der Waals surface area (Å²) in [5.74, 6) is 0.00634. The summed E-state index contributed by atoms with van der Waals surface area (Å²) < 4.78 is 0. The monoisotopic (exact) mass is 181 g/mol. The van der Waals surface area contributed by atoms with Gasteiger partial charge < -0.3 is 10.4 Å². The van der Waals surface area contributed by atoms with Crippen LogP contribution in [-0.2, 0) is 4.79 Å². The zero-order valence-corrected chi connectivity index (χ0v) is 8.16. The van der Waals surface area contributed by atoms with E-state index in [-0.39, 0.29) is 11.7 Å². The summed E-state index contributed by atoms with van der Waals surface area (Å²) in [7, 11) is 0. The number of nitrogens with one attached hydrogen (secondary N) is 1. The van der Waals surface area contributed by atoms with E-state index in [1.54, 1.807) is 18.2 Å². The zero-order valence-electron chi connectivity index (χ0n) is 8.16. The molecule has 2 N–H and O–H groups in total. The molecule has 72 valence electrons. The van der Waals surface area contributed by atoms with Gasteiger partial charge in [0, 0.05) is 18.7 Å². The van der Waals surface area contributed by atoms with Gasteiger partial charge in [0.1, 0.15) is 5.75 Å². The van der Waals surface area contributed by atoms with Gasteiger partial charge in [0.25, 0.3) is 0 Å². The number of benzene rings is 1. The van der Waals surface area contributed by atoms with E-state index in [9.17, 15) is 4.79 Å². The molecule has 0 spiro atoms. The van der Waals surface area contributed by atoms with Crippen LogP contribution < -0.4 is 5.32 Å². The lowest BCUT2D eigenvalue weighted by molar-refractivity contribution is -0.114. The predicted octanol–water partition coefficient (Wildman–Crippen LogP) is 2.38. The minimum absolute atomic E-state index is 0.143. The molecular formula is C10H15NO2. The fraction of sp³-hybridized carbons (Fsp3) is 0.300. The standard InChI is InChI=1S/C8H9NO2.C2H6/c1-6(10)9-7-3-2-4-8(11)5-7;1-2/h2-5,11H,1H3,(H,9,10);1-2H3. The summed E-state index contributed by atoms with van der Waals surface area (Å²) in [5, 5.41) is 11.5. The van der Waals surface area contributed by atoms with Gasteiger partial charge in [0.2, 0.25) is 5.91 Å². The normalized spacial score (nSPS) is 8.23. The first-order chi connectivity index (χ1) is 6.18. The summed E-state index contributed by atoms with van der Waals surface area (Å²) in [6.45, 7) is 5.42. The molecule has 0 fully saturated rings. The Hall–Kier alpha value is -1.51. The Kier molecular flexibility index (Phi) is 5.35. The quantitative estimate of drug-likeness (QED) is 0.698. The first kappa shape index (κ1) is 11.5. The number of amides is 1. The van der Waals surface area contributed by atoms with Crippen LogP contribution in [0.5, 0.6) is 5.75 Å². The second-order valence-electron chi connectivity index (χ2n) is 2.23. The number of carbonyl (C=O) groups excluding carboxylic acids is 1. The third kappa shape index (κ3) is 4.85. The van der Waals surface area contributed by atoms with Crippen LogP contribution in [0.4, 0.5) is 5.69 Å². The molecule has 0 aliphatic rings. The van der Waals surface area contributed by atoms with Crippen LogP contribution in [0.25, 0.3) is 0 Å². The van der Waals surface area contributed by atoms with Crippen molar-refractivity contribution >= 4 is 11.6 Å². The summed E-state index contributed by atoms with van der Waals surface area (Å²) in [6, 6.07) is 6.41. The van der Waals surface area contributed by atoms with Gasteiger partial charge >= 0.3 is 0 Å². The molecule has 0 saturated heterocycles. The number of aromatic hydroxyl groups is 1. The highest BCUT2D eigenvalue weighted by atomic mass is 16.3. The number of hydrogen-bond acceptors (Lipinski definition) is 2. The average molecular weight is 181 g/mol. The highest BCUT2D eigenvalue weighted by Gasteiger charge is 1.94. The number of rotatable bonds is 1. The Morgan fingerprint density at radius 2 is 2.00 bits per heavy atom. The molecule has 3 nitrogen and oxygen atoms in total. The molecule has 1 aromatic rings. The van der Waals surface area contributed by atoms with Crippen LogP contribution in [0.2, 0.25) is 0 Å². The summed E-state index contributed by atoms with van der Waals surface area (Å²) in [6.07, 6.45) is 0. The van der Waals surface area contributed by atoms with Gasteiger partial charge in [0.15, 0.2) is 0 Å². The Balaban J connectivity index is 0.000000671. The van der Waals surface area contributed by atoms with Crippen molar-refractivity contribution < 1.29 is 9.90 Å². The molecule has 1 amide bonds. The predicted molar refractivity (Wildman–Crippen MR) is 53.8 cm³/mol. The van der Waals surface area contributed by atoms with Crippen molar-refractivity contribution in [2.45, 2.75) is 20.8 Å². The Labute approximate surface area is 78.4 Å². The second kappa shape index (κ2) is 6.06. The van der Waals surface area contributed by atoms with Gasteiger partial charge in [0.05, 0.1) is 0 Å². The van der Waals surface area contributed by atoms with Crippen LogP contribution in [0, 0.1) is 0 Å². The highest BCUT2D eigenvalue weighted by molar-refractivity contribution is 5.88. The van der Waals surface area contributed by atoms with Crippen molar-refractivity contribution in [2.24, 2.45) is 0 Å². The maximum Gasteiger partial charge on any atom is 0.221 e. The molecule has 0 saturated carbocycles. The topological polar surface area (TPSA) is 49.3 Å². The number of phenols is 1. The first-order valence-corrected chi connectivity index (χ1v) is 4.25. The largest absolute Gasteiger partial charge is 0.508 e. The SMILES string of the molecule is CC.CC(=O)Nc1cccc(O)c1. The van der Waals surface area contributed by atoms with Crippen molar-refractivity contribution in [3.63, 3.8) is 0 Å². The van der Waals surface area contributed by atoms with Gasteiger partial charge in [-0.25, -0.2) is 0 Å². The molecule has 0 bridgehead atoms. The van der Waals surface area contributed by atoms with Crippen LogP contribution >= 0.6 is 0 Å². The van der Waals surface area contributed by atoms with Crippen molar-refractivity contribution in [1.29, 1.82) is 0 Å². The molecule has 0 radical (unpaired) electrons. The van der Waals surface area contributed by atoms with E-state index in [2.05, 4.69) is 5.32 Å². The van der Waals surface area contributed by atoms with Crippen molar-refractivity contribution in [1.82, 2.24) is 0 Å². The van der Waals surface area contributed by atoms with Crippen LogP contribution in [-0.4, -0.2) is 11.0 Å². The van der Waals surface area contributed by atoms with Crippen LogP contribution in [0.3, 0.4) is 0 Å². The first-order valence-electron chi connectivity index (χ1n) is 4.25. The van der Waals surface area contributed by atoms with Gasteiger partial charge in [-0.1, -0.05) is 19.9 Å². The van der Waals surface area contributed by atoms with Gasteiger partial charge in [-0.2, -0.15) is 0 Å². The fourth-order valence-electron chi connectivity index (χ4n) is 0.787. The molecule has 13 heavy (non-hydrogen) atoms. The van der Waals surface area contributed by atoms with Gasteiger partial charge in [-0.3, -0.25) is 4.79 Å². The maximum atomic E-state index is 10.5. The van der Waals surface area contributed by atoms with Crippen molar-refractivity contribution in [3.05, 3.63) is 24.3 Å². The molecule has 3 heteroatoms. The molecule has 1 aromatic carbocycles. The Morgan fingerprint density at radius 3 is 2.46 bits per heavy atom.